The summed E-state index contributed by atoms with van der Waals surface area (Å²) >= 11 is 6.06. The second kappa shape index (κ2) is 9.26. The molecule has 0 heterocycles. The lowest BCUT2D eigenvalue weighted by Crippen LogP contribution is -2.28. The van der Waals surface area contributed by atoms with Crippen molar-refractivity contribution in [1.29, 1.82) is 0 Å². The molecule has 0 fully saturated rings. The van der Waals surface area contributed by atoms with E-state index in [1.807, 2.05) is 19.9 Å². The van der Waals surface area contributed by atoms with Crippen LogP contribution in [-0.2, 0) is 15.8 Å². The molecule has 26 heavy (non-hydrogen) atoms. The van der Waals surface area contributed by atoms with Crippen molar-refractivity contribution in [3.05, 3.63) is 58.6 Å². The standard InChI is InChI=1S/C19H24ClNO4S/c1-4-24-18-11-10-15(12-19(18)25-5-2)14(3)21-26(22,23)13-16-8-6-7-9-17(16)20/h6-12,14,21H,4-5,13H2,1-3H3/t14-/m0/s1. The van der Waals surface area contributed by atoms with E-state index >= 15 is 0 Å². The van der Waals surface area contributed by atoms with E-state index in [2.05, 4.69) is 4.72 Å². The highest BCUT2D eigenvalue weighted by molar-refractivity contribution is 7.88. The summed E-state index contributed by atoms with van der Waals surface area (Å²) in [6, 6.07) is 11.9. The van der Waals surface area contributed by atoms with Crippen LogP contribution in [-0.4, -0.2) is 21.6 Å². The Bertz CT molecular complexity index is 839. The third kappa shape index (κ3) is 5.62. The molecular weight excluding hydrogens is 374 g/mol. The first-order chi connectivity index (χ1) is 12.4. The minimum absolute atomic E-state index is 0.174. The van der Waals surface area contributed by atoms with Gasteiger partial charge in [-0.25, -0.2) is 13.1 Å². The van der Waals surface area contributed by atoms with Gasteiger partial charge in [-0.05, 0) is 50.1 Å². The Morgan fingerprint density at radius 2 is 1.69 bits per heavy atom. The molecule has 2 aromatic rings. The maximum Gasteiger partial charge on any atom is 0.216 e. The van der Waals surface area contributed by atoms with E-state index in [1.165, 1.54) is 0 Å². The van der Waals surface area contributed by atoms with Gasteiger partial charge in [0.2, 0.25) is 10.0 Å². The molecule has 0 aliphatic rings. The lowest BCUT2D eigenvalue weighted by molar-refractivity contribution is 0.287. The van der Waals surface area contributed by atoms with E-state index in [0.29, 0.717) is 35.3 Å². The predicted molar refractivity (Wildman–Crippen MR) is 104 cm³/mol. The highest BCUT2D eigenvalue weighted by Crippen LogP contribution is 2.31. The first-order valence-electron chi connectivity index (χ1n) is 8.49. The highest BCUT2D eigenvalue weighted by atomic mass is 35.5. The molecule has 142 valence electrons. The van der Waals surface area contributed by atoms with Crippen molar-refractivity contribution in [2.75, 3.05) is 13.2 Å². The monoisotopic (exact) mass is 397 g/mol. The van der Waals surface area contributed by atoms with Crippen LogP contribution in [0.25, 0.3) is 0 Å². The summed E-state index contributed by atoms with van der Waals surface area (Å²) in [7, 11) is -3.56. The minimum atomic E-state index is -3.56. The van der Waals surface area contributed by atoms with Crippen LogP contribution in [0.1, 0.15) is 37.9 Å². The van der Waals surface area contributed by atoms with Crippen molar-refractivity contribution < 1.29 is 17.9 Å². The molecule has 0 amide bonds. The zero-order chi connectivity index (χ0) is 19.2. The SMILES string of the molecule is CCOc1ccc([C@H](C)NS(=O)(=O)Cc2ccccc2Cl)cc1OCC. The largest absolute Gasteiger partial charge is 0.490 e. The number of hydrogen-bond donors (Lipinski definition) is 1. The van der Waals surface area contributed by atoms with E-state index in [4.69, 9.17) is 21.1 Å². The van der Waals surface area contributed by atoms with Crippen LogP contribution >= 0.6 is 11.6 Å². The molecule has 0 bridgehead atoms. The zero-order valence-electron chi connectivity index (χ0n) is 15.2. The Labute approximate surface area is 160 Å². The summed E-state index contributed by atoms with van der Waals surface area (Å²) in [5.74, 6) is 1.07. The van der Waals surface area contributed by atoms with Gasteiger partial charge in [0.25, 0.3) is 0 Å². The summed E-state index contributed by atoms with van der Waals surface area (Å²) in [6.45, 7) is 6.60. The Morgan fingerprint density at radius 1 is 1.04 bits per heavy atom. The van der Waals surface area contributed by atoms with E-state index in [9.17, 15) is 8.42 Å². The third-order valence-corrected chi connectivity index (χ3v) is 5.50. The van der Waals surface area contributed by atoms with Gasteiger partial charge in [0.15, 0.2) is 11.5 Å². The molecule has 0 saturated carbocycles. The van der Waals surface area contributed by atoms with E-state index < -0.39 is 16.1 Å². The summed E-state index contributed by atoms with van der Waals surface area (Å²) in [5, 5.41) is 0.435. The van der Waals surface area contributed by atoms with Crippen LogP contribution in [0, 0.1) is 0 Å². The average Bonchev–Trinajstić information content (AvgIpc) is 2.58. The first-order valence-corrected chi connectivity index (χ1v) is 10.5. The number of nitrogens with one attached hydrogen (secondary N) is 1. The van der Waals surface area contributed by atoms with Crippen molar-refractivity contribution in [1.82, 2.24) is 4.72 Å². The molecule has 1 N–H and O–H groups in total. The van der Waals surface area contributed by atoms with Gasteiger partial charge in [0.05, 0.1) is 19.0 Å². The van der Waals surface area contributed by atoms with Crippen LogP contribution in [0.15, 0.2) is 42.5 Å². The maximum atomic E-state index is 12.5. The smallest absolute Gasteiger partial charge is 0.216 e. The number of hydrogen-bond acceptors (Lipinski definition) is 4. The van der Waals surface area contributed by atoms with Gasteiger partial charge in [-0.3, -0.25) is 0 Å². The van der Waals surface area contributed by atoms with E-state index in [1.54, 1.807) is 43.3 Å². The van der Waals surface area contributed by atoms with Gasteiger partial charge in [-0.2, -0.15) is 0 Å². The number of benzene rings is 2. The van der Waals surface area contributed by atoms with E-state index in [-0.39, 0.29) is 5.75 Å². The van der Waals surface area contributed by atoms with Crippen molar-refractivity contribution in [3.63, 3.8) is 0 Å². The number of sulfonamides is 1. The molecule has 1 atom stereocenters. The van der Waals surface area contributed by atoms with Crippen molar-refractivity contribution in [2.24, 2.45) is 0 Å². The van der Waals surface area contributed by atoms with Crippen molar-refractivity contribution in [2.45, 2.75) is 32.6 Å². The third-order valence-electron chi connectivity index (χ3n) is 3.73. The normalized spacial score (nSPS) is 12.6. The van der Waals surface area contributed by atoms with E-state index in [0.717, 1.165) is 5.56 Å². The Balaban J connectivity index is 2.16. The molecule has 2 aromatic carbocycles. The molecule has 2 rings (SSSR count). The van der Waals surface area contributed by atoms with Crippen LogP contribution in [0.4, 0.5) is 0 Å². The van der Waals surface area contributed by atoms with Crippen molar-refractivity contribution >= 4 is 21.6 Å². The second-order valence-corrected chi connectivity index (χ2v) is 7.92. The average molecular weight is 398 g/mol. The molecule has 0 aliphatic heterocycles. The number of halogens is 1. The fraction of sp³-hybridized carbons (Fsp3) is 0.368. The van der Waals surface area contributed by atoms with Gasteiger partial charge in [-0.1, -0.05) is 35.9 Å². The zero-order valence-corrected chi connectivity index (χ0v) is 16.7. The Morgan fingerprint density at radius 3 is 2.35 bits per heavy atom. The van der Waals surface area contributed by atoms with Crippen molar-refractivity contribution in [3.8, 4) is 11.5 Å². The molecule has 0 radical (unpaired) electrons. The molecule has 7 heteroatoms. The van der Waals surface area contributed by atoms with Gasteiger partial charge in [0.1, 0.15) is 0 Å². The molecule has 5 nitrogen and oxygen atoms in total. The van der Waals surface area contributed by atoms with Crippen LogP contribution in [0.3, 0.4) is 0 Å². The van der Waals surface area contributed by atoms with Crippen LogP contribution in [0.5, 0.6) is 11.5 Å². The maximum absolute atomic E-state index is 12.5. The quantitative estimate of drug-likeness (QED) is 0.684. The fourth-order valence-corrected chi connectivity index (χ4v) is 4.24. The highest BCUT2D eigenvalue weighted by Gasteiger charge is 2.19. The lowest BCUT2D eigenvalue weighted by atomic mass is 10.1. The van der Waals surface area contributed by atoms with Crippen LogP contribution in [0.2, 0.25) is 5.02 Å². The second-order valence-electron chi connectivity index (χ2n) is 5.76. The number of rotatable bonds is 9. The molecule has 0 spiro atoms. The summed E-state index contributed by atoms with van der Waals surface area (Å²) in [5.41, 5.74) is 1.36. The lowest BCUT2D eigenvalue weighted by Gasteiger charge is -2.18. The molecular formula is C19H24ClNO4S. The number of ether oxygens (including phenoxy) is 2. The van der Waals surface area contributed by atoms with Gasteiger partial charge in [0, 0.05) is 11.1 Å². The van der Waals surface area contributed by atoms with Gasteiger partial charge in [-0.15, -0.1) is 0 Å². The molecule has 0 saturated heterocycles. The van der Waals surface area contributed by atoms with Crippen LogP contribution < -0.4 is 14.2 Å². The first kappa shape index (κ1) is 20.6. The molecule has 0 unspecified atom stereocenters. The topological polar surface area (TPSA) is 64.6 Å². The fourth-order valence-electron chi connectivity index (χ4n) is 2.54. The Hall–Kier alpha value is -1.76. The minimum Gasteiger partial charge on any atom is -0.490 e. The predicted octanol–water partition coefficient (Wildman–Crippen LogP) is 4.32. The molecule has 0 aromatic heterocycles. The van der Waals surface area contributed by atoms with Gasteiger partial charge >= 0.3 is 0 Å². The summed E-state index contributed by atoms with van der Waals surface area (Å²) < 4.78 is 38.8. The summed E-state index contributed by atoms with van der Waals surface area (Å²) in [4.78, 5) is 0. The molecule has 0 aliphatic carbocycles. The Kier molecular flexibility index (Phi) is 7.32. The van der Waals surface area contributed by atoms with Gasteiger partial charge < -0.3 is 9.47 Å². The summed E-state index contributed by atoms with van der Waals surface area (Å²) in [6.07, 6.45) is 0.